The van der Waals surface area contributed by atoms with E-state index in [1.165, 1.54) is 6.33 Å². The molecule has 1 saturated heterocycles. The summed E-state index contributed by atoms with van der Waals surface area (Å²) >= 11 is 0. The normalized spacial score (nSPS) is 15.2. The second-order valence-electron chi connectivity index (χ2n) is 6.77. The minimum atomic E-state index is -0.0293. The molecule has 26 heavy (non-hydrogen) atoms. The van der Waals surface area contributed by atoms with Gasteiger partial charge < -0.3 is 10.2 Å². The highest BCUT2D eigenvalue weighted by Crippen LogP contribution is 2.24. The Bertz CT molecular complexity index is 929. The van der Waals surface area contributed by atoms with Crippen LogP contribution in [-0.2, 0) is 0 Å². The van der Waals surface area contributed by atoms with Crippen LogP contribution in [0.3, 0.4) is 0 Å². The van der Waals surface area contributed by atoms with E-state index in [-0.39, 0.29) is 5.91 Å². The third kappa shape index (κ3) is 3.35. The van der Waals surface area contributed by atoms with Crippen molar-refractivity contribution in [3.8, 4) is 0 Å². The van der Waals surface area contributed by atoms with Gasteiger partial charge in [0.25, 0.3) is 5.91 Å². The summed E-state index contributed by atoms with van der Waals surface area (Å²) in [6.07, 6.45) is 5.29. The number of pyridine rings is 1. The van der Waals surface area contributed by atoms with Gasteiger partial charge in [-0.3, -0.25) is 9.78 Å². The lowest BCUT2D eigenvalue weighted by atomic mass is 9.99. The maximum atomic E-state index is 12.7. The number of benzene rings is 1. The Morgan fingerprint density at radius 2 is 1.92 bits per heavy atom. The molecule has 0 bridgehead atoms. The second-order valence-corrected chi connectivity index (χ2v) is 6.77. The molecule has 6 nitrogen and oxygen atoms in total. The molecule has 132 valence electrons. The van der Waals surface area contributed by atoms with Crippen molar-refractivity contribution in [1.82, 2.24) is 19.9 Å². The number of para-hydroxylation sites is 1. The number of hydrogen-bond acceptors (Lipinski definition) is 5. The summed E-state index contributed by atoms with van der Waals surface area (Å²) in [5.74, 6) is 1.24. The van der Waals surface area contributed by atoms with Crippen LogP contribution in [0.25, 0.3) is 10.9 Å². The number of piperidine rings is 1. The van der Waals surface area contributed by atoms with E-state index in [9.17, 15) is 4.79 Å². The SMILES string of the molecule is CC1CCN(C(=O)c2cc(Nc3cccc4cccnc34)ncn2)CC1. The van der Waals surface area contributed by atoms with E-state index in [1.54, 1.807) is 12.3 Å². The highest BCUT2D eigenvalue weighted by Gasteiger charge is 2.22. The number of carbonyl (C=O) groups excluding carboxylic acids is 1. The van der Waals surface area contributed by atoms with Crippen molar-refractivity contribution in [2.24, 2.45) is 5.92 Å². The van der Waals surface area contributed by atoms with Crippen molar-refractivity contribution in [2.75, 3.05) is 18.4 Å². The van der Waals surface area contributed by atoms with Crippen LogP contribution in [0.1, 0.15) is 30.3 Å². The minimum absolute atomic E-state index is 0.0293. The summed E-state index contributed by atoms with van der Waals surface area (Å²) in [6, 6.07) is 11.6. The third-order valence-corrected chi connectivity index (χ3v) is 4.85. The molecular formula is C20H21N5O. The molecule has 1 N–H and O–H groups in total. The summed E-state index contributed by atoms with van der Waals surface area (Å²) in [4.78, 5) is 27.5. The predicted octanol–water partition coefficient (Wildman–Crippen LogP) is 3.64. The van der Waals surface area contributed by atoms with Gasteiger partial charge in [0, 0.05) is 30.7 Å². The van der Waals surface area contributed by atoms with Gasteiger partial charge in [0.05, 0.1) is 11.2 Å². The zero-order chi connectivity index (χ0) is 17.9. The monoisotopic (exact) mass is 347 g/mol. The molecule has 1 aromatic carbocycles. The lowest BCUT2D eigenvalue weighted by molar-refractivity contribution is 0.0691. The summed E-state index contributed by atoms with van der Waals surface area (Å²) in [5, 5.41) is 4.31. The highest BCUT2D eigenvalue weighted by molar-refractivity contribution is 5.94. The van der Waals surface area contributed by atoms with Gasteiger partial charge in [0.2, 0.25) is 0 Å². The molecule has 1 amide bonds. The maximum Gasteiger partial charge on any atom is 0.272 e. The van der Waals surface area contributed by atoms with Gasteiger partial charge in [-0.25, -0.2) is 9.97 Å². The molecule has 0 aliphatic carbocycles. The fraction of sp³-hybridized carbons (Fsp3) is 0.300. The quantitative estimate of drug-likeness (QED) is 0.783. The number of nitrogens with one attached hydrogen (secondary N) is 1. The molecule has 1 aliphatic heterocycles. The van der Waals surface area contributed by atoms with Gasteiger partial charge in [-0.2, -0.15) is 0 Å². The number of nitrogens with zero attached hydrogens (tertiary/aromatic N) is 4. The molecule has 3 heterocycles. The van der Waals surface area contributed by atoms with Gasteiger partial charge in [-0.05, 0) is 30.9 Å². The van der Waals surface area contributed by atoms with Gasteiger partial charge in [-0.15, -0.1) is 0 Å². The Hall–Kier alpha value is -3.02. The lowest BCUT2D eigenvalue weighted by Gasteiger charge is -2.30. The minimum Gasteiger partial charge on any atom is -0.338 e. The summed E-state index contributed by atoms with van der Waals surface area (Å²) in [7, 11) is 0. The van der Waals surface area contributed by atoms with Gasteiger partial charge in [0.1, 0.15) is 17.8 Å². The number of hydrogen-bond donors (Lipinski definition) is 1. The van der Waals surface area contributed by atoms with Crippen molar-refractivity contribution in [3.05, 3.63) is 54.6 Å². The molecule has 4 rings (SSSR count). The molecule has 3 aromatic rings. The van der Waals surface area contributed by atoms with Crippen molar-refractivity contribution in [3.63, 3.8) is 0 Å². The summed E-state index contributed by atoms with van der Waals surface area (Å²) in [5.41, 5.74) is 2.14. The third-order valence-electron chi connectivity index (χ3n) is 4.85. The van der Waals surface area contributed by atoms with Crippen LogP contribution in [-0.4, -0.2) is 38.8 Å². The lowest BCUT2D eigenvalue weighted by Crippen LogP contribution is -2.38. The Kier molecular flexibility index (Phi) is 4.48. The van der Waals surface area contributed by atoms with Gasteiger partial charge in [0.15, 0.2) is 0 Å². The second kappa shape index (κ2) is 7.07. The zero-order valence-corrected chi connectivity index (χ0v) is 14.7. The van der Waals surface area contributed by atoms with Crippen LogP contribution in [0.15, 0.2) is 48.9 Å². The maximum absolute atomic E-state index is 12.7. The first kappa shape index (κ1) is 16.4. The molecule has 0 saturated carbocycles. The number of rotatable bonds is 3. The Morgan fingerprint density at radius 1 is 1.12 bits per heavy atom. The number of anilines is 2. The van der Waals surface area contributed by atoms with Crippen molar-refractivity contribution >= 4 is 28.3 Å². The first-order valence-electron chi connectivity index (χ1n) is 8.93. The van der Waals surface area contributed by atoms with E-state index in [0.29, 0.717) is 17.4 Å². The number of amides is 1. The predicted molar refractivity (Wildman–Crippen MR) is 101 cm³/mol. The fourth-order valence-electron chi connectivity index (χ4n) is 3.26. The zero-order valence-electron chi connectivity index (χ0n) is 14.7. The van der Waals surface area contributed by atoms with Crippen molar-refractivity contribution in [2.45, 2.75) is 19.8 Å². The molecule has 0 unspecified atom stereocenters. The first-order valence-corrected chi connectivity index (χ1v) is 8.93. The molecule has 2 aromatic heterocycles. The van der Waals surface area contributed by atoms with Gasteiger partial charge >= 0.3 is 0 Å². The van der Waals surface area contributed by atoms with E-state index >= 15 is 0 Å². The number of likely N-dealkylation sites (tertiary alicyclic amines) is 1. The van der Waals surface area contributed by atoms with Crippen LogP contribution in [0.5, 0.6) is 0 Å². The van der Waals surface area contributed by atoms with Crippen LogP contribution in [0.4, 0.5) is 11.5 Å². The molecule has 1 fully saturated rings. The Balaban J connectivity index is 1.57. The molecule has 6 heteroatoms. The number of fused-ring (bicyclic) bond motifs is 1. The van der Waals surface area contributed by atoms with Crippen molar-refractivity contribution < 1.29 is 4.79 Å². The van der Waals surface area contributed by atoms with Crippen LogP contribution >= 0.6 is 0 Å². The first-order chi connectivity index (χ1) is 12.7. The van der Waals surface area contributed by atoms with E-state index in [0.717, 1.165) is 42.5 Å². The van der Waals surface area contributed by atoms with E-state index in [4.69, 9.17) is 0 Å². The number of carbonyl (C=O) groups is 1. The van der Waals surface area contributed by atoms with E-state index < -0.39 is 0 Å². The topological polar surface area (TPSA) is 71.0 Å². The smallest absolute Gasteiger partial charge is 0.272 e. The number of aromatic nitrogens is 3. The Morgan fingerprint density at radius 3 is 2.77 bits per heavy atom. The highest BCUT2D eigenvalue weighted by atomic mass is 16.2. The van der Waals surface area contributed by atoms with Crippen molar-refractivity contribution in [1.29, 1.82) is 0 Å². The largest absolute Gasteiger partial charge is 0.338 e. The van der Waals surface area contributed by atoms with Gasteiger partial charge in [-0.1, -0.05) is 25.1 Å². The van der Waals surface area contributed by atoms with Crippen LogP contribution in [0.2, 0.25) is 0 Å². The van der Waals surface area contributed by atoms with E-state index in [2.05, 4.69) is 27.2 Å². The molecule has 1 aliphatic rings. The Labute approximate surface area is 152 Å². The average molecular weight is 347 g/mol. The van der Waals surface area contributed by atoms with Crippen LogP contribution in [0, 0.1) is 5.92 Å². The fourth-order valence-corrected chi connectivity index (χ4v) is 3.26. The molecular weight excluding hydrogens is 326 g/mol. The summed E-state index contributed by atoms with van der Waals surface area (Å²) in [6.45, 7) is 3.81. The standard InChI is InChI=1S/C20H21N5O/c1-14-7-10-25(11-8-14)20(26)17-12-18(23-13-22-17)24-16-6-2-4-15-5-3-9-21-19(15)16/h2-6,9,12-14H,7-8,10-11H2,1H3,(H,22,23,24). The summed E-state index contributed by atoms with van der Waals surface area (Å²) < 4.78 is 0. The van der Waals surface area contributed by atoms with Crippen LogP contribution < -0.4 is 5.32 Å². The molecule has 0 spiro atoms. The average Bonchev–Trinajstić information content (AvgIpc) is 2.69. The molecule has 0 atom stereocenters. The van der Waals surface area contributed by atoms with E-state index in [1.807, 2.05) is 35.2 Å². The molecule has 0 radical (unpaired) electrons.